The van der Waals surface area contributed by atoms with Crippen LogP contribution in [0.5, 0.6) is 0 Å². The number of hydrazine groups is 1. The lowest BCUT2D eigenvalue weighted by Gasteiger charge is -2.07. The van der Waals surface area contributed by atoms with Gasteiger partial charge < -0.3 is 5.43 Å². The molecule has 0 aliphatic rings. The van der Waals surface area contributed by atoms with Gasteiger partial charge in [0.05, 0.1) is 20.4 Å². The lowest BCUT2D eigenvalue weighted by atomic mass is 10.3. The third-order valence-corrected chi connectivity index (χ3v) is 4.00. The molecule has 0 saturated heterocycles. The molecule has 0 saturated carbocycles. The summed E-state index contributed by atoms with van der Waals surface area (Å²) in [5.41, 5.74) is 1.58. The number of rotatable bonds is 4. The first kappa shape index (κ1) is 13.9. The van der Waals surface area contributed by atoms with Crippen LogP contribution in [0, 0.1) is 0 Å². The summed E-state index contributed by atoms with van der Waals surface area (Å²) in [7, 11) is -9.46. The van der Waals surface area contributed by atoms with Crippen LogP contribution in [0.3, 0.4) is 0 Å². The van der Waals surface area contributed by atoms with E-state index >= 15 is 0 Å². The molecule has 0 radical (unpaired) electrons. The first-order valence-corrected chi connectivity index (χ1v) is 7.49. The molecule has 0 heterocycles. The molecule has 0 aromatic heterocycles. The van der Waals surface area contributed by atoms with Crippen LogP contribution in [0.2, 0.25) is 0 Å². The van der Waals surface area contributed by atoms with Crippen molar-refractivity contribution in [3.8, 4) is 0 Å². The van der Waals surface area contributed by atoms with Crippen molar-refractivity contribution in [3.05, 3.63) is 12.1 Å². The Morgan fingerprint density at radius 3 is 1.47 bits per heavy atom. The third-order valence-electron chi connectivity index (χ3n) is 1.83. The number of thiol groups is 3. The third kappa shape index (κ3) is 2.94. The molecule has 1 rings (SSSR count). The molecule has 0 unspecified atom stereocenters. The number of hydrogen-bond acceptors (Lipinski definition) is 8. The van der Waals surface area contributed by atoms with Crippen LogP contribution in [0.1, 0.15) is 0 Å². The fraction of sp³-hybridized carbons (Fsp3) is 0. The molecule has 1 aromatic rings. The van der Waals surface area contributed by atoms with Gasteiger partial charge in [0.2, 0.25) is 0 Å². The first-order chi connectivity index (χ1) is 7.88. The smallest absolute Gasteiger partial charge is 0.170 e. The van der Waals surface area contributed by atoms with E-state index in [4.69, 9.17) is 5.84 Å². The Bertz CT molecular complexity index is 605. The quantitative estimate of drug-likeness (QED) is 0.241. The Morgan fingerprint density at radius 2 is 1.24 bits per heavy atom. The summed E-state index contributed by atoms with van der Waals surface area (Å²) in [5, 5.41) is 0. The summed E-state index contributed by atoms with van der Waals surface area (Å²) in [6.07, 6.45) is 0. The van der Waals surface area contributed by atoms with Gasteiger partial charge in [-0.15, -0.1) is 0 Å². The minimum Gasteiger partial charge on any atom is -0.322 e. The molecule has 17 heavy (non-hydrogen) atoms. The van der Waals surface area contributed by atoms with Crippen molar-refractivity contribution in [2.75, 3.05) is 5.43 Å². The summed E-state index contributed by atoms with van der Waals surface area (Å²) in [4.78, 5) is -1.40. The molecule has 3 N–H and O–H groups in total. The number of nitrogens with two attached hydrogens (primary N) is 1. The summed E-state index contributed by atoms with van der Waals surface area (Å²) in [5.74, 6) is 5.02. The van der Waals surface area contributed by atoms with Crippen LogP contribution in [0.15, 0.2) is 26.8 Å². The van der Waals surface area contributed by atoms with Crippen molar-refractivity contribution in [1.82, 2.24) is 0 Å². The van der Waals surface area contributed by atoms with Crippen molar-refractivity contribution in [1.29, 1.82) is 0 Å². The SMILES string of the molecule is NNc1c([SH](=O)=O)cc([SH](=O)=O)cc1[SH](=O)=O. The highest BCUT2D eigenvalue weighted by Crippen LogP contribution is 2.25. The fourth-order valence-electron chi connectivity index (χ4n) is 1.14. The zero-order valence-electron chi connectivity index (χ0n) is 8.02. The number of nitrogens with one attached hydrogen (secondary N) is 1. The van der Waals surface area contributed by atoms with Gasteiger partial charge in [-0.05, 0) is 12.1 Å². The highest BCUT2D eigenvalue weighted by atomic mass is 32.2. The van der Waals surface area contributed by atoms with Gasteiger partial charge in [0.1, 0.15) is 0 Å². The summed E-state index contributed by atoms with van der Waals surface area (Å²) in [6, 6.07) is 1.66. The minimum absolute atomic E-state index is 0.349. The Morgan fingerprint density at radius 1 is 0.824 bits per heavy atom. The molecular weight excluding hydrogens is 292 g/mol. The monoisotopic (exact) mass is 300 g/mol. The zero-order chi connectivity index (χ0) is 13.2. The van der Waals surface area contributed by atoms with Gasteiger partial charge in [0, 0.05) is 0 Å². The maximum Gasteiger partial charge on any atom is 0.170 e. The van der Waals surface area contributed by atoms with Gasteiger partial charge in [0.15, 0.2) is 32.1 Å². The van der Waals surface area contributed by atoms with E-state index in [2.05, 4.69) is 0 Å². The van der Waals surface area contributed by atoms with Gasteiger partial charge in [-0.1, -0.05) is 0 Å². The van der Waals surface area contributed by atoms with E-state index in [-0.39, 0.29) is 5.69 Å². The zero-order valence-corrected chi connectivity index (χ0v) is 10.7. The van der Waals surface area contributed by atoms with E-state index in [1.54, 1.807) is 0 Å². The highest BCUT2D eigenvalue weighted by molar-refractivity contribution is 7.74. The molecule has 1 aromatic carbocycles. The first-order valence-electron chi connectivity index (χ1n) is 3.96. The number of hydrogen-bond donors (Lipinski definition) is 5. The average molecular weight is 300 g/mol. The summed E-state index contributed by atoms with van der Waals surface area (Å²) < 4.78 is 65.0. The van der Waals surface area contributed by atoms with E-state index in [1.807, 2.05) is 5.43 Å². The molecule has 0 aliphatic heterocycles. The lowest BCUT2D eigenvalue weighted by molar-refractivity contribution is 0.611. The molecule has 8 nitrogen and oxygen atoms in total. The van der Waals surface area contributed by atoms with Gasteiger partial charge in [-0.3, -0.25) is 5.84 Å². The van der Waals surface area contributed by atoms with Crippen LogP contribution < -0.4 is 11.3 Å². The molecule has 0 amide bonds. The summed E-state index contributed by atoms with van der Waals surface area (Å²) in [6.45, 7) is 0. The van der Waals surface area contributed by atoms with Crippen molar-refractivity contribution in [3.63, 3.8) is 0 Å². The normalized spacial score (nSPS) is 11.3. The van der Waals surface area contributed by atoms with Gasteiger partial charge >= 0.3 is 0 Å². The Labute approximate surface area is 101 Å². The van der Waals surface area contributed by atoms with E-state index in [0.29, 0.717) is 0 Å². The lowest BCUT2D eigenvalue weighted by Crippen LogP contribution is -2.11. The van der Waals surface area contributed by atoms with Crippen molar-refractivity contribution >= 4 is 37.8 Å². The second kappa shape index (κ2) is 5.44. The van der Waals surface area contributed by atoms with Crippen LogP contribution in [-0.4, -0.2) is 25.3 Å². The second-order valence-corrected chi connectivity index (χ2v) is 5.80. The Kier molecular flexibility index (Phi) is 4.45. The van der Waals surface area contributed by atoms with E-state index < -0.39 is 46.8 Å². The van der Waals surface area contributed by atoms with Crippen LogP contribution in [0.25, 0.3) is 0 Å². The van der Waals surface area contributed by atoms with Crippen molar-refractivity contribution in [2.45, 2.75) is 14.7 Å². The van der Waals surface area contributed by atoms with Gasteiger partial charge in [-0.25, -0.2) is 25.3 Å². The average Bonchev–Trinajstić information content (AvgIpc) is 2.26. The van der Waals surface area contributed by atoms with Gasteiger partial charge in [0.25, 0.3) is 0 Å². The van der Waals surface area contributed by atoms with Crippen molar-refractivity contribution in [2.24, 2.45) is 5.84 Å². The van der Waals surface area contributed by atoms with E-state index in [9.17, 15) is 25.3 Å². The maximum absolute atomic E-state index is 10.9. The Balaban J connectivity index is 3.81. The van der Waals surface area contributed by atoms with Crippen molar-refractivity contribution < 1.29 is 25.3 Å². The molecule has 0 aliphatic carbocycles. The predicted octanol–water partition coefficient (Wildman–Crippen LogP) is -2.12. The standard InChI is InChI=1S/C6H8N2O6S3/c7-8-6-4(16(11)12)1-3(15(9)10)2-5(6)17(13)14/h1-2,8,15-17H,7H2. The van der Waals surface area contributed by atoms with Gasteiger partial charge in [-0.2, -0.15) is 0 Å². The van der Waals surface area contributed by atoms with E-state index in [0.717, 1.165) is 12.1 Å². The number of nitrogen functional groups attached to an aromatic ring is 1. The molecule has 0 spiro atoms. The predicted molar refractivity (Wildman–Crippen MR) is 60.0 cm³/mol. The second-order valence-electron chi connectivity index (χ2n) is 2.77. The van der Waals surface area contributed by atoms with Crippen LogP contribution in [-0.2, 0) is 32.1 Å². The molecule has 11 heteroatoms. The fourth-order valence-corrected chi connectivity index (χ4v) is 3.12. The molecule has 0 bridgehead atoms. The topological polar surface area (TPSA) is 140 Å². The Hall–Kier alpha value is -1.17. The van der Waals surface area contributed by atoms with Crippen LogP contribution in [0.4, 0.5) is 5.69 Å². The van der Waals surface area contributed by atoms with Crippen LogP contribution >= 0.6 is 0 Å². The summed E-state index contributed by atoms with van der Waals surface area (Å²) >= 11 is 0. The number of anilines is 1. The minimum atomic E-state index is -3.18. The van der Waals surface area contributed by atoms with E-state index in [1.165, 1.54) is 0 Å². The molecule has 96 valence electrons. The maximum atomic E-state index is 10.9. The molecular formula is C6H8N2O6S3. The molecule has 0 fully saturated rings. The molecule has 0 atom stereocenters. The largest absolute Gasteiger partial charge is 0.322 e. The number of benzene rings is 1. The highest BCUT2D eigenvalue weighted by Gasteiger charge is 2.15.